The number of Topliss-reactive ketones (excluding diaryl/α,β-unsaturated/α-hetero) is 1. The molecule has 1 aromatic carbocycles. The van der Waals surface area contributed by atoms with Gasteiger partial charge in [-0.1, -0.05) is 11.6 Å². The first kappa shape index (κ1) is 14.7. The van der Waals surface area contributed by atoms with E-state index in [2.05, 4.69) is 4.57 Å². The van der Waals surface area contributed by atoms with Gasteiger partial charge in [0, 0.05) is 40.1 Å². The van der Waals surface area contributed by atoms with E-state index < -0.39 is 0 Å². The molecule has 0 aliphatic rings. The number of hydrogen-bond acceptors (Lipinski definition) is 1. The Morgan fingerprint density at radius 1 is 1.09 bits per heavy atom. The molecule has 0 atom stereocenters. The molecule has 4 heteroatoms. The fraction of sp³-hybridized carbons (Fsp3) is 0.167. The van der Waals surface area contributed by atoms with Crippen LogP contribution in [0.2, 0.25) is 5.02 Å². The first-order valence-corrected chi connectivity index (χ1v) is 7.53. The van der Waals surface area contributed by atoms with Gasteiger partial charge in [-0.15, -0.1) is 0 Å². The second-order valence-electron chi connectivity index (χ2n) is 5.38. The largest absolute Gasteiger partial charge is 0.347 e. The van der Waals surface area contributed by atoms with Crippen LogP contribution in [0.25, 0.3) is 5.69 Å². The Labute approximate surface area is 134 Å². The maximum atomic E-state index is 12.5. The quantitative estimate of drug-likeness (QED) is 0.655. The van der Waals surface area contributed by atoms with Gasteiger partial charge in [0.15, 0.2) is 5.78 Å². The van der Waals surface area contributed by atoms with E-state index in [9.17, 15) is 4.79 Å². The number of carbonyl (C=O) groups excluding carboxylic acids is 1. The van der Waals surface area contributed by atoms with Gasteiger partial charge in [-0.3, -0.25) is 4.79 Å². The molecule has 0 amide bonds. The van der Waals surface area contributed by atoms with Gasteiger partial charge < -0.3 is 9.13 Å². The van der Waals surface area contributed by atoms with Crippen molar-refractivity contribution < 1.29 is 4.79 Å². The van der Waals surface area contributed by atoms with Gasteiger partial charge in [0.2, 0.25) is 0 Å². The molecule has 0 N–H and O–H groups in total. The van der Waals surface area contributed by atoms with Gasteiger partial charge in [-0.2, -0.15) is 0 Å². The third-order valence-corrected chi connectivity index (χ3v) is 4.06. The molecular formula is C18H17ClN2O. The third-order valence-electron chi connectivity index (χ3n) is 3.81. The van der Waals surface area contributed by atoms with E-state index in [1.54, 1.807) is 0 Å². The van der Waals surface area contributed by atoms with Crippen molar-refractivity contribution in [3.63, 3.8) is 0 Å². The van der Waals surface area contributed by atoms with Crippen molar-refractivity contribution in [3.8, 4) is 5.69 Å². The standard InChI is InChI=1S/C18H17ClN2O/c1-13-11-17(18(22)12-20-9-3-4-10-20)14(2)21(13)16-7-5-15(19)6-8-16/h3-11H,12H2,1-2H3. The number of aromatic nitrogens is 2. The minimum Gasteiger partial charge on any atom is -0.347 e. The van der Waals surface area contributed by atoms with Gasteiger partial charge in [0.1, 0.15) is 0 Å². The van der Waals surface area contributed by atoms with Crippen LogP contribution in [-0.4, -0.2) is 14.9 Å². The summed E-state index contributed by atoms with van der Waals surface area (Å²) in [6.45, 7) is 4.34. The summed E-state index contributed by atoms with van der Waals surface area (Å²) in [6, 6.07) is 13.4. The zero-order valence-corrected chi connectivity index (χ0v) is 13.3. The van der Waals surface area contributed by atoms with Gasteiger partial charge in [0.05, 0.1) is 6.54 Å². The number of carbonyl (C=O) groups is 1. The lowest BCUT2D eigenvalue weighted by Crippen LogP contribution is -2.10. The van der Waals surface area contributed by atoms with Crippen molar-refractivity contribution in [3.05, 3.63) is 76.8 Å². The molecule has 2 heterocycles. The van der Waals surface area contributed by atoms with Crippen molar-refractivity contribution in [2.24, 2.45) is 0 Å². The zero-order valence-electron chi connectivity index (χ0n) is 12.6. The Balaban J connectivity index is 1.96. The molecule has 0 fully saturated rings. The minimum absolute atomic E-state index is 0.115. The van der Waals surface area contributed by atoms with E-state index in [4.69, 9.17) is 11.6 Å². The highest BCUT2D eigenvalue weighted by atomic mass is 35.5. The summed E-state index contributed by atoms with van der Waals surface area (Å²) in [5, 5.41) is 0.704. The number of halogens is 1. The fourth-order valence-corrected chi connectivity index (χ4v) is 2.89. The lowest BCUT2D eigenvalue weighted by atomic mass is 10.1. The molecule has 0 aliphatic carbocycles. The zero-order chi connectivity index (χ0) is 15.7. The van der Waals surface area contributed by atoms with Crippen LogP contribution in [-0.2, 0) is 6.54 Å². The molecule has 112 valence electrons. The van der Waals surface area contributed by atoms with Gasteiger partial charge >= 0.3 is 0 Å². The molecule has 0 unspecified atom stereocenters. The summed E-state index contributed by atoms with van der Waals surface area (Å²) < 4.78 is 3.97. The summed E-state index contributed by atoms with van der Waals surface area (Å²) >= 11 is 5.95. The normalized spacial score (nSPS) is 10.9. The summed E-state index contributed by atoms with van der Waals surface area (Å²) in [7, 11) is 0. The maximum Gasteiger partial charge on any atom is 0.184 e. The Kier molecular flexibility index (Phi) is 3.90. The molecule has 0 saturated carbocycles. The molecule has 0 radical (unpaired) electrons. The molecule has 3 rings (SSSR count). The third kappa shape index (κ3) is 2.72. The van der Waals surface area contributed by atoms with E-state index in [0.717, 1.165) is 22.6 Å². The highest BCUT2D eigenvalue weighted by molar-refractivity contribution is 6.30. The lowest BCUT2D eigenvalue weighted by Gasteiger charge is -2.10. The maximum absolute atomic E-state index is 12.5. The molecule has 3 nitrogen and oxygen atoms in total. The second kappa shape index (κ2) is 5.85. The number of nitrogens with zero attached hydrogens (tertiary/aromatic N) is 2. The van der Waals surface area contributed by atoms with Crippen LogP contribution in [0.3, 0.4) is 0 Å². The van der Waals surface area contributed by atoms with Crippen molar-refractivity contribution in [1.82, 2.24) is 9.13 Å². The molecule has 0 saturated heterocycles. The Bertz CT molecular complexity index is 798. The molecular weight excluding hydrogens is 296 g/mol. The minimum atomic E-state index is 0.115. The molecule has 0 bridgehead atoms. The topological polar surface area (TPSA) is 26.9 Å². The fourth-order valence-electron chi connectivity index (χ4n) is 2.76. The monoisotopic (exact) mass is 312 g/mol. The molecule has 22 heavy (non-hydrogen) atoms. The van der Waals surface area contributed by atoms with E-state index in [0.29, 0.717) is 11.6 Å². The predicted molar refractivity (Wildman–Crippen MR) is 89.0 cm³/mol. The van der Waals surface area contributed by atoms with Gasteiger partial charge in [-0.25, -0.2) is 0 Å². The number of aryl methyl sites for hydroxylation is 1. The van der Waals surface area contributed by atoms with Crippen molar-refractivity contribution in [2.75, 3.05) is 0 Å². The smallest absolute Gasteiger partial charge is 0.184 e. The Morgan fingerprint density at radius 3 is 2.36 bits per heavy atom. The number of hydrogen-bond donors (Lipinski definition) is 0. The number of benzene rings is 1. The van der Waals surface area contributed by atoms with E-state index in [-0.39, 0.29) is 5.78 Å². The van der Waals surface area contributed by atoms with Crippen molar-refractivity contribution in [2.45, 2.75) is 20.4 Å². The van der Waals surface area contributed by atoms with Crippen LogP contribution in [0.5, 0.6) is 0 Å². The van der Waals surface area contributed by atoms with Crippen LogP contribution >= 0.6 is 11.6 Å². The van der Waals surface area contributed by atoms with Crippen molar-refractivity contribution in [1.29, 1.82) is 0 Å². The highest BCUT2D eigenvalue weighted by Gasteiger charge is 2.16. The molecule has 3 aromatic rings. The van der Waals surface area contributed by atoms with Crippen LogP contribution in [0.4, 0.5) is 0 Å². The summed E-state index contributed by atoms with van der Waals surface area (Å²) in [5.74, 6) is 0.115. The predicted octanol–water partition coefficient (Wildman–Crippen LogP) is 4.43. The van der Waals surface area contributed by atoms with Crippen LogP contribution in [0.15, 0.2) is 54.9 Å². The average molecular weight is 313 g/mol. The Morgan fingerprint density at radius 2 is 1.73 bits per heavy atom. The highest BCUT2D eigenvalue weighted by Crippen LogP contribution is 2.23. The molecule has 0 aliphatic heterocycles. The number of ketones is 1. The Hall–Kier alpha value is -2.26. The second-order valence-corrected chi connectivity index (χ2v) is 5.81. The van der Waals surface area contributed by atoms with Crippen LogP contribution in [0.1, 0.15) is 21.7 Å². The van der Waals surface area contributed by atoms with E-state index in [1.807, 2.05) is 73.3 Å². The SMILES string of the molecule is Cc1cc(C(=O)Cn2cccc2)c(C)n1-c1ccc(Cl)cc1. The van der Waals surface area contributed by atoms with Crippen molar-refractivity contribution >= 4 is 17.4 Å². The number of rotatable bonds is 4. The molecule has 0 spiro atoms. The lowest BCUT2D eigenvalue weighted by molar-refractivity contribution is 0.0971. The summed E-state index contributed by atoms with van der Waals surface area (Å²) in [6.07, 6.45) is 3.80. The van der Waals surface area contributed by atoms with E-state index >= 15 is 0 Å². The van der Waals surface area contributed by atoms with Crippen LogP contribution < -0.4 is 0 Å². The van der Waals surface area contributed by atoms with Gasteiger partial charge in [-0.05, 0) is 56.3 Å². The van der Waals surface area contributed by atoms with Crippen LogP contribution in [0, 0.1) is 13.8 Å². The molecule has 2 aromatic heterocycles. The summed E-state index contributed by atoms with van der Waals surface area (Å²) in [5.41, 5.74) is 3.77. The first-order chi connectivity index (χ1) is 10.6. The first-order valence-electron chi connectivity index (χ1n) is 7.15. The summed E-state index contributed by atoms with van der Waals surface area (Å²) in [4.78, 5) is 12.5. The average Bonchev–Trinajstić information content (AvgIpc) is 3.09. The van der Waals surface area contributed by atoms with Gasteiger partial charge in [0.25, 0.3) is 0 Å². The van der Waals surface area contributed by atoms with E-state index in [1.165, 1.54) is 0 Å².